The van der Waals surface area contributed by atoms with Gasteiger partial charge < -0.3 is 15.0 Å². The van der Waals surface area contributed by atoms with E-state index in [1.54, 1.807) is 0 Å². The van der Waals surface area contributed by atoms with E-state index in [1.165, 1.54) is 18.4 Å². The van der Waals surface area contributed by atoms with Crippen molar-refractivity contribution >= 4 is 21.7 Å². The molecule has 1 N–H and O–H groups in total. The van der Waals surface area contributed by atoms with Gasteiger partial charge in [-0.3, -0.25) is 0 Å². The van der Waals surface area contributed by atoms with Crippen LogP contribution >= 0.6 is 15.9 Å². The number of nitrogens with one attached hydrogen (secondary N) is 1. The van der Waals surface area contributed by atoms with Crippen molar-refractivity contribution in [3.63, 3.8) is 0 Å². The quantitative estimate of drug-likeness (QED) is 0.901. The Morgan fingerprint density at radius 3 is 3.05 bits per heavy atom. The second-order valence-corrected chi connectivity index (χ2v) is 5.95. The van der Waals surface area contributed by atoms with Crippen molar-refractivity contribution in [2.75, 3.05) is 32.1 Å². The number of pyridine rings is 1. The van der Waals surface area contributed by atoms with Crippen LogP contribution in [0.3, 0.4) is 0 Å². The molecule has 1 atom stereocenters. The van der Waals surface area contributed by atoms with E-state index in [4.69, 9.17) is 4.74 Å². The molecule has 5 heteroatoms. The summed E-state index contributed by atoms with van der Waals surface area (Å²) in [4.78, 5) is 6.75. The van der Waals surface area contributed by atoms with Crippen LogP contribution in [0.25, 0.3) is 0 Å². The summed E-state index contributed by atoms with van der Waals surface area (Å²) >= 11 is 3.48. The van der Waals surface area contributed by atoms with Gasteiger partial charge in [0.05, 0.1) is 6.10 Å². The van der Waals surface area contributed by atoms with Crippen LogP contribution in [0.15, 0.2) is 16.7 Å². The van der Waals surface area contributed by atoms with Crippen LogP contribution in [0.4, 0.5) is 5.82 Å². The van der Waals surface area contributed by atoms with Crippen LogP contribution in [0.5, 0.6) is 0 Å². The van der Waals surface area contributed by atoms with E-state index in [0.717, 1.165) is 36.4 Å². The summed E-state index contributed by atoms with van der Waals surface area (Å²) in [6, 6.07) is 2.12. The van der Waals surface area contributed by atoms with Gasteiger partial charge in [-0.2, -0.15) is 0 Å². The van der Waals surface area contributed by atoms with Gasteiger partial charge in [0.2, 0.25) is 0 Å². The number of nitrogens with zero attached hydrogens (tertiary/aromatic N) is 2. The van der Waals surface area contributed by atoms with Crippen molar-refractivity contribution < 1.29 is 4.74 Å². The lowest BCUT2D eigenvalue weighted by molar-refractivity contribution is 0.0215. The summed E-state index contributed by atoms with van der Waals surface area (Å²) < 4.78 is 6.82. The Morgan fingerprint density at radius 2 is 2.37 bits per heavy atom. The molecule has 0 aromatic carbocycles. The zero-order valence-corrected chi connectivity index (χ0v) is 13.2. The fraction of sp³-hybridized carbons (Fsp3) is 0.643. The predicted molar refractivity (Wildman–Crippen MR) is 81.6 cm³/mol. The van der Waals surface area contributed by atoms with Crippen molar-refractivity contribution in [3.8, 4) is 0 Å². The van der Waals surface area contributed by atoms with Crippen molar-refractivity contribution in [3.05, 3.63) is 22.3 Å². The highest BCUT2D eigenvalue weighted by Gasteiger charge is 2.18. The zero-order valence-electron chi connectivity index (χ0n) is 11.7. The van der Waals surface area contributed by atoms with Crippen molar-refractivity contribution in [1.82, 2.24) is 10.3 Å². The predicted octanol–water partition coefficient (Wildman–Crippen LogP) is 2.57. The molecule has 1 saturated heterocycles. The van der Waals surface area contributed by atoms with E-state index >= 15 is 0 Å². The van der Waals surface area contributed by atoms with Gasteiger partial charge in [0.25, 0.3) is 0 Å². The molecular formula is C14H22BrN3O. The van der Waals surface area contributed by atoms with Gasteiger partial charge in [-0.05, 0) is 48.3 Å². The molecule has 0 spiro atoms. The first-order valence-electron chi connectivity index (χ1n) is 6.82. The average molecular weight is 328 g/mol. The minimum atomic E-state index is 0.339. The maximum Gasteiger partial charge on any atom is 0.132 e. The van der Waals surface area contributed by atoms with E-state index < -0.39 is 0 Å². The average Bonchev–Trinajstić information content (AvgIpc) is 2.40. The maximum atomic E-state index is 5.80. The summed E-state index contributed by atoms with van der Waals surface area (Å²) in [7, 11) is 4.04. The maximum absolute atomic E-state index is 5.80. The number of rotatable bonds is 5. The monoisotopic (exact) mass is 327 g/mol. The first kappa shape index (κ1) is 14.8. The third kappa shape index (κ3) is 4.16. The molecule has 1 fully saturated rings. The number of aromatic nitrogens is 1. The fourth-order valence-corrected chi connectivity index (χ4v) is 2.86. The number of halogens is 1. The second kappa shape index (κ2) is 7.22. The largest absolute Gasteiger partial charge is 0.376 e. The van der Waals surface area contributed by atoms with Crippen LogP contribution < -0.4 is 10.2 Å². The van der Waals surface area contributed by atoms with Crippen molar-refractivity contribution in [2.45, 2.75) is 31.9 Å². The molecule has 0 amide bonds. The number of anilines is 1. The molecule has 4 nitrogen and oxygen atoms in total. The van der Waals surface area contributed by atoms with Crippen LogP contribution in [-0.4, -0.2) is 38.3 Å². The molecule has 1 aliphatic rings. The van der Waals surface area contributed by atoms with Crippen molar-refractivity contribution in [2.24, 2.45) is 0 Å². The molecule has 0 radical (unpaired) electrons. The number of hydrogen-bond donors (Lipinski definition) is 1. The minimum Gasteiger partial charge on any atom is -0.376 e. The minimum absolute atomic E-state index is 0.339. The lowest BCUT2D eigenvalue weighted by Gasteiger charge is -2.29. The molecule has 2 heterocycles. The van der Waals surface area contributed by atoms with Crippen molar-refractivity contribution in [1.29, 1.82) is 0 Å². The first-order valence-corrected chi connectivity index (χ1v) is 7.61. The SMILES string of the molecule is CNCc1cc(Br)cnc1N(C)CC1CCCCO1. The van der Waals surface area contributed by atoms with Gasteiger partial charge in [0.15, 0.2) is 0 Å². The topological polar surface area (TPSA) is 37.4 Å². The Bertz CT molecular complexity index is 408. The Kier molecular flexibility index (Phi) is 5.60. The molecule has 1 unspecified atom stereocenters. The Morgan fingerprint density at radius 1 is 1.53 bits per heavy atom. The highest BCUT2D eigenvalue weighted by Crippen LogP contribution is 2.22. The van der Waals surface area contributed by atoms with E-state index in [0.29, 0.717) is 6.10 Å². The lowest BCUT2D eigenvalue weighted by atomic mass is 10.1. The lowest BCUT2D eigenvalue weighted by Crippen LogP contribution is -2.34. The molecule has 1 aromatic rings. The summed E-state index contributed by atoms with van der Waals surface area (Å²) in [5, 5.41) is 3.19. The van der Waals surface area contributed by atoms with E-state index in [-0.39, 0.29) is 0 Å². The van der Waals surface area contributed by atoms with Crippen LogP contribution in [0.1, 0.15) is 24.8 Å². The zero-order chi connectivity index (χ0) is 13.7. The van der Waals surface area contributed by atoms with Gasteiger partial charge in [-0.15, -0.1) is 0 Å². The third-order valence-electron chi connectivity index (χ3n) is 3.39. The normalized spacial score (nSPS) is 19.4. The van der Waals surface area contributed by atoms with Gasteiger partial charge in [-0.1, -0.05) is 0 Å². The van der Waals surface area contributed by atoms with Gasteiger partial charge in [0.1, 0.15) is 5.82 Å². The van der Waals surface area contributed by atoms with E-state index in [2.05, 4.69) is 44.2 Å². The molecule has 19 heavy (non-hydrogen) atoms. The van der Waals surface area contributed by atoms with Crippen LogP contribution in [0, 0.1) is 0 Å². The van der Waals surface area contributed by atoms with Gasteiger partial charge >= 0.3 is 0 Å². The highest BCUT2D eigenvalue weighted by molar-refractivity contribution is 9.10. The number of hydrogen-bond acceptors (Lipinski definition) is 4. The fourth-order valence-electron chi connectivity index (χ4n) is 2.48. The van der Waals surface area contributed by atoms with Gasteiger partial charge in [-0.25, -0.2) is 4.98 Å². The molecule has 1 aliphatic heterocycles. The second-order valence-electron chi connectivity index (χ2n) is 5.04. The van der Waals surface area contributed by atoms with E-state index in [9.17, 15) is 0 Å². The Labute approximate surface area is 123 Å². The summed E-state index contributed by atoms with van der Waals surface area (Å²) in [5.41, 5.74) is 1.20. The van der Waals surface area contributed by atoms with E-state index in [1.807, 2.05) is 13.2 Å². The van der Waals surface area contributed by atoms with Crippen LogP contribution in [0.2, 0.25) is 0 Å². The standard InChI is InChI=1S/C14H22BrN3O/c1-16-8-11-7-12(15)9-17-14(11)18(2)10-13-5-3-4-6-19-13/h7,9,13,16H,3-6,8,10H2,1-2H3. The number of likely N-dealkylation sites (N-methyl/N-ethyl adjacent to an activating group) is 1. The Hall–Kier alpha value is -0.650. The molecular weight excluding hydrogens is 306 g/mol. The first-order chi connectivity index (χ1) is 9.20. The summed E-state index contributed by atoms with van der Waals surface area (Å²) in [6.45, 7) is 2.62. The third-order valence-corrected chi connectivity index (χ3v) is 3.82. The molecule has 2 rings (SSSR count). The molecule has 0 bridgehead atoms. The molecule has 0 aliphatic carbocycles. The summed E-state index contributed by atoms with van der Waals surface area (Å²) in [6.07, 6.45) is 5.82. The van der Waals surface area contributed by atoms with Gasteiger partial charge in [0, 0.05) is 43.0 Å². The Balaban J connectivity index is 2.06. The highest BCUT2D eigenvalue weighted by atomic mass is 79.9. The summed E-state index contributed by atoms with van der Waals surface area (Å²) in [5.74, 6) is 1.03. The number of ether oxygens (including phenoxy) is 1. The molecule has 1 aromatic heterocycles. The smallest absolute Gasteiger partial charge is 0.132 e. The van der Waals surface area contributed by atoms with Crippen LogP contribution in [-0.2, 0) is 11.3 Å². The molecule has 106 valence electrons. The molecule has 0 saturated carbocycles.